The van der Waals surface area contributed by atoms with E-state index in [0.29, 0.717) is 12.8 Å². The lowest BCUT2D eigenvalue weighted by Gasteiger charge is -2.25. The third-order valence-electron chi connectivity index (χ3n) is 3.17. The molecule has 0 aromatic carbocycles. The molecule has 0 saturated carbocycles. The van der Waals surface area contributed by atoms with Crippen LogP contribution in [0.1, 0.15) is 65.2 Å². The summed E-state index contributed by atoms with van der Waals surface area (Å²) >= 11 is 0. The fraction of sp³-hybridized carbons (Fsp3) is 0.750. The molecule has 0 aromatic rings. The monoisotopic (exact) mass is 345 g/mol. The summed E-state index contributed by atoms with van der Waals surface area (Å²) in [7, 11) is 0. The number of esters is 3. The van der Waals surface area contributed by atoms with E-state index in [9.17, 15) is 29.4 Å². The van der Waals surface area contributed by atoms with Gasteiger partial charge in [-0.25, -0.2) is 4.79 Å². The molecule has 8 heteroatoms. The van der Waals surface area contributed by atoms with Crippen molar-refractivity contribution in [3.05, 3.63) is 0 Å². The van der Waals surface area contributed by atoms with Crippen molar-refractivity contribution < 1.29 is 38.9 Å². The lowest BCUT2D eigenvalue weighted by atomic mass is 9.95. The van der Waals surface area contributed by atoms with E-state index >= 15 is 0 Å². The first kappa shape index (κ1) is 22.0. The fourth-order valence-corrected chi connectivity index (χ4v) is 1.93. The molecule has 0 saturated heterocycles. The van der Waals surface area contributed by atoms with E-state index in [-0.39, 0.29) is 13.0 Å². The predicted molar refractivity (Wildman–Crippen MR) is 80.3 cm³/mol. The largest absolute Gasteiger partial charge is 0.550 e. The van der Waals surface area contributed by atoms with Crippen molar-refractivity contribution in [1.82, 2.24) is 0 Å². The topological polar surface area (TPSA) is 130 Å². The SMILES string of the molecule is CCCCCCOC(=O)C(O)(CC(=O)[O-])CC(=O)OC(=O)CCC. The zero-order valence-electron chi connectivity index (χ0n) is 14.2. The Morgan fingerprint density at radius 2 is 1.62 bits per heavy atom. The minimum Gasteiger partial charge on any atom is -0.550 e. The minimum absolute atomic E-state index is 0.00198. The van der Waals surface area contributed by atoms with E-state index in [0.717, 1.165) is 19.3 Å². The lowest BCUT2D eigenvalue weighted by Crippen LogP contribution is -2.47. The highest BCUT2D eigenvalue weighted by Crippen LogP contribution is 2.19. The summed E-state index contributed by atoms with van der Waals surface area (Å²) in [5.41, 5.74) is -2.62. The number of hydrogen-bond acceptors (Lipinski definition) is 8. The molecule has 0 rings (SSSR count). The number of carboxylic acid groups (broad SMARTS) is 1. The van der Waals surface area contributed by atoms with Crippen LogP contribution in [-0.2, 0) is 28.7 Å². The van der Waals surface area contributed by atoms with E-state index in [1.54, 1.807) is 6.92 Å². The summed E-state index contributed by atoms with van der Waals surface area (Å²) in [5.74, 6) is -4.98. The van der Waals surface area contributed by atoms with Gasteiger partial charge in [0.15, 0.2) is 5.60 Å². The Balaban J connectivity index is 4.68. The van der Waals surface area contributed by atoms with Gasteiger partial charge in [-0.3, -0.25) is 9.59 Å². The molecule has 0 aliphatic heterocycles. The molecule has 0 bridgehead atoms. The molecule has 24 heavy (non-hydrogen) atoms. The highest BCUT2D eigenvalue weighted by molar-refractivity contribution is 5.92. The van der Waals surface area contributed by atoms with Gasteiger partial charge in [-0.05, 0) is 12.8 Å². The van der Waals surface area contributed by atoms with Gasteiger partial charge < -0.3 is 24.5 Å². The van der Waals surface area contributed by atoms with Gasteiger partial charge in [-0.1, -0.05) is 33.1 Å². The Morgan fingerprint density at radius 3 is 2.17 bits per heavy atom. The summed E-state index contributed by atoms with van der Waals surface area (Å²) in [6.07, 6.45) is 1.63. The Labute approximate surface area is 141 Å². The Morgan fingerprint density at radius 1 is 0.958 bits per heavy atom. The second kappa shape index (κ2) is 11.6. The molecule has 0 aliphatic rings. The first-order chi connectivity index (χ1) is 11.2. The van der Waals surface area contributed by atoms with Gasteiger partial charge in [0, 0.05) is 18.8 Å². The number of rotatable bonds is 12. The van der Waals surface area contributed by atoms with Crippen LogP contribution in [0, 0.1) is 0 Å². The number of carbonyl (C=O) groups excluding carboxylic acids is 4. The third kappa shape index (κ3) is 9.24. The number of carbonyl (C=O) groups is 4. The normalized spacial score (nSPS) is 13.0. The van der Waals surface area contributed by atoms with Gasteiger partial charge in [0.25, 0.3) is 0 Å². The van der Waals surface area contributed by atoms with E-state index in [1.165, 1.54) is 0 Å². The molecular formula is C16H25O8-. The highest BCUT2D eigenvalue weighted by Gasteiger charge is 2.41. The van der Waals surface area contributed by atoms with Crippen molar-refractivity contribution in [2.75, 3.05) is 6.61 Å². The summed E-state index contributed by atoms with van der Waals surface area (Å²) < 4.78 is 9.25. The zero-order valence-corrected chi connectivity index (χ0v) is 14.2. The van der Waals surface area contributed by atoms with Crippen LogP contribution in [-0.4, -0.2) is 41.2 Å². The van der Waals surface area contributed by atoms with Crippen LogP contribution in [0.5, 0.6) is 0 Å². The molecule has 1 N–H and O–H groups in total. The number of carboxylic acids is 1. The van der Waals surface area contributed by atoms with E-state index in [2.05, 4.69) is 4.74 Å². The van der Waals surface area contributed by atoms with Crippen molar-refractivity contribution in [2.24, 2.45) is 0 Å². The van der Waals surface area contributed by atoms with Crippen molar-refractivity contribution >= 4 is 23.9 Å². The van der Waals surface area contributed by atoms with Crippen molar-refractivity contribution in [3.8, 4) is 0 Å². The zero-order chi connectivity index (χ0) is 18.6. The molecule has 0 radical (unpaired) electrons. The second-order valence-electron chi connectivity index (χ2n) is 5.55. The number of aliphatic hydroxyl groups is 1. The Kier molecular flexibility index (Phi) is 10.6. The van der Waals surface area contributed by atoms with Crippen LogP contribution in [0.3, 0.4) is 0 Å². The van der Waals surface area contributed by atoms with Crippen LogP contribution in [0.2, 0.25) is 0 Å². The summed E-state index contributed by atoms with van der Waals surface area (Å²) in [6.45, 7) is 3.71. The molecule has 0 spiro atoms. The van der Waals surface area contributed by atoms with Gasteiger partial charge >= 0.3 is 17.9 Å². The van der Waals surface area contributed by atoms with Crippen LogP contribution in [0.4, 0.5) is 0 Å². The first-order valence-electron chi connectivity index (χ1n) is 8.08. The number of aliphatic carboxylic acids is 1. The average molecular weight is 345 g/mol. The molecule has 138 valence electrons. The maximum Gasteiger partial charge on any atom is 0.339 e. The summed E-state index contributed by atoms with van der Waals surface area (Å²) in [5, 5.41) is 20.9. The van der Waals surface area contributed by atoms with Gasteiger partial charge in [0.2, 0.25) is 0 Å². The van der Waals surface area contributed by atoms with Gasteiger partial charge in [0.05, 0.1) is 13.0 Å². The molecule has 0 fully saturated rings. The summed E-state index contributed by atoms with van der Waals surface area (Å²) in [4.78, 5) is 45.5. The number of unbranched alkanes of at least 4 members (excludes halogenated alkanes) is 3. The highest BCUT2D eigenvalue weighted by atomic mass is 16.6. The Bertz CT molecular complexity index is 445. The van der Waals surface area contributed by atoms with Gasteiger partial charge in [-0.2, -0.15) is 0 Å². The molecule has 0 amide bonds. The molecule has 0 aromatic heterocycles. The van der Waals surface area contributed by atoms with Crippen molar-refractivity contribution in [3.63, 3.8) is 0 Å². The predicted octanol–water partition coefficient (Wildman–Crippen LogP) is 0.241. The maximum atomic E-state index is 11.9. The molecule has 0 aliphatic carbocycles. The number of hydrogen-bond donors (Lipinski definition) is 1. The van der Waals surface area contributed by atoms with Crippen LogP contribution < -0.4 is 5.11 Å². The van der Waals surface area contributed by atoms with Crippen LogP contribution in [0.15, 0.2) is 0 Å². The molecule has 0 heterocycles. The smallest absolute Gasteiger partial charge is 0.339 e. The average Bonchev–Trinajstić information content (AvgIpc) is 2.45. The van der Waals surface area contributed by atoms with Gasteiger partial charge in [-0.15, -0.1) is 0 Å². The number of ether oxygens (including phenoxy) is 2. The maximum absolute atomic E-state index is 11.9. The molecular weight excluding hydrogens is 320 g/mol. The fourth-order valence-electron chi connectivity index (χ4n) is 1.93. The molecule has 1 unspecified atom stereocenters. The van der Waals surface area contributed by atoms with Crippen LogP contribution in [0.25, 0.3) is 0 Å². The third-order valence-corrected chi connectivity index (χ3v) is 3.17. The van der Waals surface area contributed by atoms with E-state index < -0.39 is 42.3 Å². The molecule has 8 nitrogen and oxygen atoms in total. The van der Waals surface area contributed by atoms with E-state index in [1.807, 2.05) is 6.92 Å². The molecule has 1 atom stereocenters. The van der Waals surface area contributed by atoms with Crippen molar-refractivity contribution in [1.29, 1.82) is 0 Å². The van der Waals surface area contributed by atoms with Gasteiger partial charge in [0.1, 0.15) is 0 Å². The minimum atomic E-state index is -2.62. The standard InChI is InChI=1S/C16H26O8/c1-3-5-6-7-9-23-15(21)16(22,10-12(17)18)11-14(20)24-13(19)8-4-2/h22H,3-11H2,1-2H3,(H,17,18)/p-1. The Hall–Kier alpha value is -1.96. The summed E-state index contributed by atoms with van der Waals surface area (Å²) in [6, 6.07) is 0. The van der Waals surface area contributed by atoms with Crippen LogP contribution >= 0.6 is 0 Å². The van der Waals surface area contributed by atoms with Crippen molar-refractivity contribution in [2.45, 2.75) is 70.8 Å². The second-order valence-corrected chi connectivity index (χ2v) is 5.55. The van der Waals surface area contributed by atoms with E-state index in [4.69, 9.17) is 4.74 Å². The first-order valence-corrected chi connectivity index (χ1v) is 8.08. The lowest BCUT2D eigenvalue weighted by molar-refractivity contribution is -0.309. The quantitative estimate of drug-likeness (QED) is 0.302.